The molecule has 0 aliphatic heterocycles. The molecular weight excluding hydrogens is 1210 g/mol. The van der Waals surface area contributed by atoms with E-state index in [1.165, 1.54) is 199 Å². The highest BCUT2D eigenvalue weighted by Gasteiger charge is 2.30. The van der Waals surface area contributed by atoms with Crippen molar-refractivity contribution in [3.63, 3.8) is 0 Å². The first-order valence-corrected chi connectivity index (χ1v) is 41.1. The van der Waals surface area contributed by atoms with Crippen molar-refractivity contribution in [2.75, 3.05) is 39.6 Å². The fraction of sp³-hybridized carbons (Fsp3) is 0.945. The molecule has 0 saturated carbocycles. The molecule has 19 heteroatoms. The maximum Gasteiger partial charge on any atom is 0.472 e. The van der Waals surface area contributed by atoms with Crippen molar-refractivity contribution < 1.29 is 80.2 Å². The Hall–Kier alpha value is -1.94. The van der Waals surface area contributed by atoms with Gasteiger partial charge in [-0.15, -0.1) is 0 Å². The van der Waals surface area contributed by atoms with E-state index in [0.29, 0.717) is 25.7 Å². The number of esters is 4. The molecule has 0 fully saturated rings. The molecule has 0 bridgehead atoms. The van der Waals surface area contributed by atoms with Crippen molar-refractivity contribution in [2.45, 2.75) is 400 Å². The first-order chi connectivity index (χ1) is 44.5. The zero-order valence-corrected chi connectivity index (χ0v) is 61.5. The summed E-state index contributed by atoms with van der Waals surface area (Å²) in [7, 11) is -9.89. The number of unbranched alkanes of at least 4 members (excludes halogenated alkanes) is 45. The number of hydrogen-bond acceptors (Lipinski definition) is 15. The predicted molar refractivity (Wildman–Crippen MR) is 372 cm³/mol. The number of phosphoric ester groups is 2. The lowest BCUT2D eigenvalue weighted by atomic mass is 10.0. The highest BCUT2D eigenvalue weighted by molar-refractivity contribution is 7.47. The van der Waals surface area contributed by atoms with E-state index < -0.39 is 97.5 Å². The summed E-state index contributed by atoms with van der Waals surface area (Å²) in [6.07, 6.45) is 54.5. The summed E-state index contributed by atoms with van der Waals surface area (Å²) in [5, 5.41) is 10.6. The van der Waals surface area contributed by atoms with E-state index in [2.05, 4.69) is 34.6 Å². The van der Waals surface area contributed by atoms with Gasteiger partial charge >= 0.3 is 39.5 Å². The number of rotatable bonds is 73. The summed E-state index contributed by atoms with van der Waals surface area (Å²) in [5.74, 6) is -1.31. The molecule has 0 aliphatic carbocycles. The van der Waals surface area contributed by atoms with Gasteiger partial charge in [0.05, 0.1) is 26.4 Å². The van der Waals surface area contributed by atoms with Gasteiger partial charge in [0.15, 0.2) is 12.2 Å². The van der Waals surface area contributed by atoms with Gasteiger partial charge in [0.25, 0.3) is 0 Å². The third-order valence-corrected chi connectivity index (χ3v) is 18.9. The fourth-order valence-corrected chi connectivity index (χ4v) is 12.8. The molecule has 0 aliphatic rings. The van der Waals surface area contributed by atoms with Crippen molar-refractivity contribution in [2.24, 2.45) is 5.92 Å². The molecule has 0 aromatic carbocycles. The molecule has 2 unspecified atom stereocenters. The van der Waals surface area contributed by atoms with Crippen molar-refractivity contribution in [3.8, 4) is 0 Å². The second kappa shape index (κ2) is 66.3. The number of aliphatic hydroxyl groups excluding tert-OH is 1. The van der Waals surface area contributed by atoms with Gasteiger partial charge in [-0.1, -0.05) is 330 Å². The van der Waals surface area contributed by atoms with Crippen molar-refractivity contribution >= 4 is 39.5 Å². The Balaban J connectivity index is 5.11. The zero-order valence-electron chi connectivity index (χ0n) is 59.7. The minimum atomic E-state index is -4.95. The van der Waals surface area contributed by atoms with Gasteiger partial charge in [-0.2, -0.15) is 0 Å². The van der Waals surface area contributed by atoms with E-state index in [0.717, 1.165) is 102 Å². The van der Waals surface area contributed by atoms with E-state index in [4.69, 9.17) is 37.0 Å². The molecule has 92 heavy (non-hydrogen) atoms. The van der Waals surface area contributed by atoms with Crippen molar-refractivity contribution in [3.05, 3.63) is 0 Å². The third kappa shape index (κ3) is 66.7. The Morgan fingerprint density at radius 1 is 0.293 bits per heavy atom. The number of aliphatic hydroxyl groups is 1. The summed E-state index contributed by atoms with van der Waals surface area (Å²) >= 11 is 0. The highest BCUT2D eigenvalue weighted by Crippen LogP contribution is 2.45. The molecule has 0 aromatic rings. The van der Waals surface area contributed by atoms with E-state index in [9.17, 15) is 43.2 Å². The second-order valence-corrected chi connectivity index (χ2v) is 29.7. The normalized spacial score (nSPS) is 14.0. The summed E-state index contributed by atoms with van der Waals surface area (Å²) in [4.78, 5) is 72.4. The molecule has 0 aromatic heterocycles. The van der Waals surface area contributed by atoms with Gasteiger partial charge in [-0.3, -0.25) is 37.3 Å². The van der Waals surface area contributed by atoms with Crippen LogP contribution >= 0.6 is 15.6 Å². The second-order valence-electron chi connectivity index (χ2n) is 26.8. The number of carbonyl (C=O) groups is 4. The quantitative estimate of drug-likeness (QED) is 0.0222. The molecule has 0 rings (SSSR count). The minimum Gasteiger partial charge on any atom is -0.462 e. The van der Waals surface area contributed by atoms with E-state index in [1.54, 1.807) is 0 Å². The third-order valence-electron chi connectivity index (χ3n) is 17.0. The van der Waals surface area contributed by atoms with Crippen LogP contribution in [0, 0.1) is 5.92 Å². The lowest BCUT2D eigenvalue weighted by molar-refractivity contribution is -0.161. The van der Waals surface area contributed by atoms with Crippen molar-refractivity contribution in [1.82, 2.24) is 0 Å². The maximum atomic E-state index is 13.0. The topological polar surface area (TPSA) is 237 Å². The Kier molecular flexibility index (Phi) is 64.9. The number of ether oxygens (including phenoxy) is 4. The molecule has 0 saturated heterocycles. The van der Waals surface area contributed by atoms with Gasteiger partial charge < -0.3 is 33.8 Å². The largest absolute Gasteiger partial charge is 0.472 e. The molecular formula is C73H142O17P2. The predicted octanol–water partition coefficient (Wildman–Crippen LogP) is 21.3. The molecule has 0 amide bonds. The first kappa shape index (κ1) is 90.1. The minimum absolute atomic E-state index is 0.107. The van der Waals surface area contributed by atoms with E-state index >= 15 is 0 Å². The molecule has 5 atom stereocenters. The van der Waals surface area contributed by atoms with Crippen LogP contribution in [0.25, 0.3) is 0 Å². The highest BCUT2D eigenvalue weighted by atomic mass is 31.2. The fourth-order valence-electron chi connectivity index (χ4n) is 11.2. The molecule has 546 valence electrons. The monoisotopic (exact) mass is 1350 g/mol. The smallest absolute Gasteiger partial charge is 0.462 e. The van der Waals surface area contributed by atoms with Gasteiger partial charge in [-0.25, -0.2) is 9.13 Å². The van der Waals surface area contributed by atoms with Gasteiger partial charge in [0.1, 0.15) is 19.3 Å². The first-order valence-electron chi connectivity index (χ1n) is 38.1. The van der Waals surface area contributed by atoms with Crippen LogP contribution in [0.4, 0.5) is 0 Å². The molecule has 0 radical (unpaired) electrons. The van der Waals surface area contributed by atoms with Crippen LogP contribution in [0.5, 0.6) is 0 Å². The van der Waals surface area contributed by atoms with Gasteiger partial charge in [0, 0.05) is 25.7 Å². The Labute approximate surface area is 562 Å². The van der Waals surface area contributed by atoms with E-state index in [1.807, 2.05) is 0 Å². The summed E-state index contributed by atoms with van der Waals surface area (Å²) in [6.45, 7) is 7.22. The van der Waals surface area contributed by atoms with Crippen LogP contribution < -0.4 is 0 Å². The van der Waals surface area contributed by atoms with Crippen LogP contribution in [0.15, 0.2) is 0 Å². The lowest BCUT2D eigenvalue weighted by Crippen LogP contribution is -2.30. The number of carbonyl (C=O) groups excluding carboxylic acids is 4. The number of phosphoric acid groups is 2. The van der Waals surface area contributed by atoms with E-state index in [-0.39, 0.29) is 25.7 Å². The van der Waals surface area contributed by atoms with Crippen LogP contribution in [-0.4, -0.2) is 96.7 Å². The van der Waals surface area contributed by atoms with Crippen LogP contribution in [-0.2, 0) is 65.4 Å². The molecule has 17 nitrogen and oxygen atoms in total. The number of hydrogen-bond donors (Lipinski definition) is 3. The molecule has 3 N–H and O–H groups in total. The standard InChI is InChI=1S/C73H142O17P2/c1-6-9-12-15-17-19-21-29-34-38-42-47-52-57-71(76)84-63-69(90-73(78)59-54-49-44-40-36-32-28-26-24-23-25-27-31-33-37-41-46-50-55-66(4)5)65-88-92(81,82)86-61-67(74)60-85-91(79,80)87-64-68(62-83-70(75)56-51-45-14-11-8-3)89-72(77)58-53-48-43-39-35-30-22-20-18-16-13-10-7-2/h66-69,74H,6-65H2,1-5H3,(H,79,80)(H,81,82)/t67-,68+,69+/m0/s1. The summed E-state index contributed by atoms with van der Waals surface area (Å²) in [5.41, 5.74) is 0. The average Bonchev–Trinajstić information content (AvgIpc) is 3.73. The summed E-state index contributed by atoms with van der Waals surface area (Å²) < 4.78 is 68.2. The Morgan fingerprint density at radius 2 is 0.500 bits per heavy atom. The molecule has 0 heterocycles. The van der Waals surface area contributed by atoms with Crippen LogP contribution in [0.2, 0.25) is 0 Å². The van der Waals surface area contributed by atoms with Crippen LogP contribution in [0.1, 0.15) is 381 Å². The van der Waals surface area contributed by atoms with Crippen molar-refractivity contribution in [1.29, 1.82) is 0 Å². The Bertz CT molecular complexity index is 1770. The summed E-state index contributed by atoms with van der Waals surface area (Å²) in [6, 6.07) is 0. The lowest BCUT2D eigenvalue weighted by Gasteiger charge is -2.21. The zero-order chi connectivity index (χ0) is 67.7. The maximum absolute atomic E-state index is 13.0. The average molecular weight is 1350 g/mol. The van der Waals surface area contributed by atoms with Crippen LogP contribution in [0.3, 0.4) is 0 Å². The van der Waals surface area contributed by atoms with Gasteiger partial charge in [0.2, 0.25) is 0 Å². The SMILES string of the molecule is CCCCCCCCCCCCCCCC(=O)OC[C@H](COP(=O)(O)OC[C@@H](O)COP(=O)(O)OC[C@@H](COC(=O)CCCCCCC)OC(=O)CCCCCCCCCCCCCCC)OC(=O)CCCCCCCCCCCCCCCCCCCCC(C)C. The van der Waals surface area contributed by atoms with Gasteiger partial charge in [-0.05, 0) is 31.6 Å². The molecule has 0 spiro atoms. The Morgan fingerprint density at radius 3 is 0.739 bits per heavy atom.